The van der Waals surface area contributed by atoms with Gasteiger partial charge in [-0.25, -0.2) is 24.4 Å². The van der Waals surface area contributed by atoms with E-state index < -0.39 is 16.8 Å². The fourth-order valence-electron chi connectivity index (χ4n) is 6.52. The second-order valence-corrected chi connectivity index (χ2v) is 16.9. The predicted octanol–water partition coefficient (Wildman–Crippen LogP) is 12.8. The van der Waals surface area contributed by atoms with Gasteiger partial charge in [-0.1, -0.05) is 53.7 Å². The molecule has 0 bridgehead atoms. The highest BCUT2D eigenvalue weighted by Crippen LogP contribution is 2.65. The van der Waals surface area contributed by atoms with Gasteiger partial charge in [0, 0.05) is 18.7 Å². The SMILES string of the molecule is CC.CC.CC.CC(C)(C)OC(=O)c1ccc2nc(-c3ccc(C4CC45CCN(C(=O)OC(C)(C)C)CC5)cc3)oc2c1.CC(C)(C)OC(=O)c1ccc2ncoc2c1. The molecule has 2 aliphatic rings. The fraction of sp³-hybridized carbons (Fsp3) is 0.521. The minimum Gasteiger partial charge on any atom is -0.456 e. The second-order valence-electron chi connectivity index (χ2n) is 16.9. The highest BCUT2D eigenvalue weighted by molar-refractivity contribution is 5.94. The first-order chi connectivity index (χ1) is 27.8. The number of carbonyl (C=O) groups excluding carboxylic acids is 3. The molecule has 1 saturated carbocycles. The third kappa shape index (κ3) is 13.4. The Hall–Kier alpha value is -5.19. The van der Waals surface area contributed by atoms with E-state index in [2.05, 4.69) is 34.2 Å². The van der Waals surface area contributed by atoms with E-state index in [1.807, 2.05) is 109 Å². The highest BCUT2D eigenvalue weighted by atomic mass is 16.6. The Bertz CT molecular complexity index is 2120. The topological polar surface area (TPSA) is 134 Å². The van der Waals surface area contributed by atoms with Crippen LogP contribution in [0.15, 0.2) is 75.9 Å². The monoisotopic (exact) mass is 813 g/mol. The number of hydrogen-bond donors (Lipinski definition) is 0. The largest absolute Gasteiger partial charge is 0.456 e. The standard InChI is InChI=1S/C30H36N2O5.C12H13NO3.3C2H6/c1-28(2,3)36-26(33)21-11-12-23-24(17-21)35-25(31-23)20-9-7-19(8-10-20)22-18-30(22)13-15-32(16-14-30)27(34)37-29(4,5)6;1-12(2,3)16-11(14)8-4-5-9-10(6-8)15-7-13-9;3*1-2/h7-12,17,22H,13-16,18H2,1-6H3;4-7H,1-3H3;3*1-2H3. The molecule has 1 saturated heterocycles. The number of likely N-dealkylation sites (tertiary alicyclic amines) is 1. The van der Waals surface area contributed by atoms with Gasteiger partial charge in [-0.05, 0) is 147 Å². The Kier molecular flexibility index (Phi) is 16.5. The maximum atomic E-state index is 12.4. The Morgan fingerprint density at radius 2 is 1.15 bits per heavy atom. The molecular formula is C48H67N3O8. The predicted molar refractivity (Wildman–Crippen MR) is 235 cm³/mol. The molecule has 1 spiro atoms. The first kappa shape index (κ1) is 48.2. The first-order valence-corrected chi connectivity index (χ1v) is 21.1. The number of nitrogens with zero attached hydrogens (tertiary/aromatic N) is 3. The second kappa shape index (κ2) is 20.2. The van der Waals surface area contributed by atoms with Crippen LogP contribution in [0.3, 0.4) is 0 Å². The maximum Gasteiger partial charge on any atom is 0.410 e. The van der Waals surface area contributed by atoms with Gasteiger partial charge in [-0.3, -0.25) is 0 Å². The summed E-state index contributed by atoms with van der Waals surface area (Å²) in [5.74, 6) is 0.305. The summed E-state index contributed by atoms with van der Waals surface area (Å²) in [5, 5.41) is 0. The molecule has 2 aromatic heterocycles. The van der Waals surface area contributed by atoms with E-state index in [0.717, 1.165) is 43.4 Å². The Balaban J connectivity index is 0.000000353. The van der Waals surface area contributed by atoms with E-state index in [1.54, 1.807) is 36.4 Å². The van der Waals surface area contributed by atoms with Gasteiger partial charge in [0.25, 0.3) is 0 Å². The number of oxazole rings is 2. The third-order valence-corrected chi connectivity index (χ3v) is 9.15. The molecule has 59 heavy (non-hydrogen) atoms. The molecule has 7 rings (SSSR count). The van der Waals surface area contributed by atoms with E-state index >= 15 is 0 Å². The highest BCUT2D eigenvalue weighted by Gasteiger charge is 2.55. The normalized spacial score (nSPS) is 15.5. The molecule has 11 nitrogen and oxygen atoms in total. The van der Waals surface area contributed by atoms with Crippen LogP contribution in [0.1, 0.15) is 155 Å². The zero-order chi connectivity index (χ0) is 44.3. The molecule has 1 amide bonds. The van der Waals surface area contributed by atoms with E-state index in [9.17, 15) is 14.4 Å². The van der Waals surface area contributed by atoms with Crippen LogP contribution in [-0.2, 0) is 14.2 Å². The van der Waals surface area contributed by atoms with E-state index in [-0.39, 0.29) is 23.4 Å². The number of benzene rings is 3. The summed E-state index contributed by atoms with van der Waals surface area (Å²) < 4.78 is 27.4. The molecule has 1 aliphatic heterocycles. The molecule has 0 N–H and O–H groups in total. The number of ether oxygens (including phenoxy) is 3. The lowest BCUT2D eigenvalue weighted by molar-refractivity contribution is 0.00571. The van der Waals surface area contributed by atoms with Crippen molar-refractivity contribution in [2.45, 2.75) is 146 Å². The lowest BCUT2D eigenvalue weighted by Gasteiger charge is -2.34. The zero-order valence-corrected chi connectivity index (χ0v) is 38.1. The van der Waals surface area contributed by atoms with Gasteiger partial charge in [-0.15, -0.1) is 0 Å². The van der Waals surface area contributed by atoms with Gasteiger partial charge in [0.1, 0.15) is 27.8 Å². The van der Waals surface area contributed by atoms with Crippen LogP contribution in [0.2, 0.25) is 0 Å². The van der Waals surface area contributed by atoms with Crippen LogP contribution in [-0.4, -0.2) is 62.8 Å². The number of piperidine rings is 1. The van der Waals surface area contributed by atoms with Crippen LogP contribution in [0.5, 0.6) is 0 Å². The molecule has 1 unspecified atom stereocenters. The maximum absolute atomic E-state index is 12.4. The molecular weight excluding hydrogens is 747 g/mol. The summed E-state index contributed by atoms with van der Waals surface area (Å²) in [4.78, 5) is 47.0. The number of amides is 1. The number of carbonyl (C=O) groups is 3. The number of rotatable bonds is 4. The average molecular weight is 814 g/mol. The van der Waals surface area contributed by atoms with Crippen molar-refractivity contribution in [1.82, 2.24) is 14.9 Å². The van der Waals surface area contributed by atoms with Crippen molar-refractivity contribution in [3.8, 4) is 11.5 Å². The molecule has 3 aromatic carbocycles. The molecule has 2 fully saturated rings. The van der Waals surface area contributed by atoms with E-state index in [4.69, 9.17) is 23.0 Å². The minimum atomic E-state index is -0.560. The van der Waals surface area contributed by atoms with Gasteiger partial charge < -0.3 is 27.9 Å². The first-order valence-electron chi connectivity index (χ1n) is 21.1. The van der Waals surface area contributed by atoms with Crippen molar-refractivity contribution in [2.75, 3.05) is 13.1 Å². The van der Waals surface area contributed by atoms with Gasteiger partial charge in [-0.2, -0.15) is 0 Å². The van der Waals surface area contributed by atoms with Crippen molar-refractivity contribution < 1.29 is 37.4 Å². The summed E-state index contributed by atoms with van der Waals surface area (Å²) in [5.41, 5.74) is 4.46. The number of esters is 2. The zero-order valence-electron chi connectivity index (χ0n) is 38.1. The summed E-state index contributed by atoms with van der Waals surface area (Å²) in [7, 11) is 0. The van der Waals surface area contributed by atoms with Crippen LogP contribution < -0.4 is 0 Å². The molecule has 1 aliphatic carbocycles. The van der Waals surface area contributed by atoms with E-state index in [0.29, 0.717) is 39.6 Å². The summed E-state index contributed by atoms with van der Waals surface area (Å²) in [6.07, 6.45) is 4.31. The van der Waals surface area contributed by atoms with Crippen molar-refractivity contribution >= 4 is 40.2 Å². The van der Waals surface area contributed by atoms with E-state index in [1.165, 1.54) is 12.0 Å². The lowest BCUT2D eigenvalue weighted by atomic mass is 9.88. The van der Waals surface area contributed by atoms with Crippen LogP contribution in [0, 0.1) is 5.41 Å². The fourth-order valence-corrected chi connectivity index (χ4v) is 6.52. The Morgan fingerprint density at radius 1 is 0.661 bits per heavy atom. The molecule has 11 heteroatoms. The lowest BCUT2D eigenvalue weighted by Crippen LogP contribution is -2.42. The van der Waals surface area contributed by atoms with Crippen molar-refractivity contribution in [2.24, 2.45) is 5.41 Å². The van der Waals surface area contributed by atoms with Gasteiger partial charge in [0.15, 0.2) is 17.6 Å². The molecule has 322 valence electrons. The van der Waals surface area contributed by atoms with Crippen molar-refractivity contribution in [1.29, 1.82) is 0 Å². The average Bonchev–Trinajstić information content (AvgIpc) is 3.47. The number of fused-ring (bicyclic) bond motifs is 2. The molecule has 5 aromatic rings. The molecule has 1 atom stereocenters. The number of aromatic nitrogens is 2. The third-order valence-electron chi connectivity index (χ3n) is 9.15. The van der Waals surface area contributed by atoms with Crippen LogP contribution >= 0.6 is 0 Å². The van der Waals surface area contributed by atoms with Gasteiger partial charge in [0.2, 0.25) is 5.89 Å². The summed E-state index contributed by atoms with van der Waals surface area (Å²) in [6.45, 7) is 30.2. The molecule has 3 heterocycles. The van der Waals surface area contributed by atoms with Crippen LogP contribution in [0.4, 0.5) is 4.79 Å². The Labute approximate surface area is 351 Å². The van der Waals surface area contributed by atoms with Crippen molar-refractivity contribution in [3.63, 3.8) is 0 Å². The Morgan fingerprint density at radius 3 is 1.66 bits per heavy atom. The van der Waals surface area contributed by atoms with Crippen molar-refractivity contribution in [3.05, 3.63) is 83.7 Å². The summed E-state index contributed by atoms with van der Waals surface area (Å²) >= 11 is 0. The van der Waals surface area contributed by atoms with Crippen LogP contribution in [0.25, 0.3) is 33.7 Å². The van der Waals surface area contributed by atoms with Gasteiger partial charge in [0.05, 0.1) is 11.1 Å². The minimum absolute atomic E-state index is 0.208. The number of hydrogen-bond acceptors (Lipinski definition) is 10. The smallest absolute Gasteiger partial charge is 0.410 e. The van der Waals surface area contributed by atoms with Gasteiger partial charge >= 0.3 is 18.0 Å². The quantitative estimate of drug-likeness (QED) is 0.127. The molecule has 0 radical (unpaired) electrons. The summed E-state index contributed by atoms with van der Waals surface area (Å²) in [6, 6.07) is 18.7.